The highest BCUT2D eigenvalue weighted by atomic mass is 16.5. The predicted molar refractivity (Wildman–Crippen MR) is 120 cm³/mol. The van der Waals surface area contributed by atoms with E-state index >= 15 is 0 Å². The summed E-state index contributed by atoms with van der Waals surface area (Å²) in [7, 11) is 0. The maximum absolute atomic E-state index is 12.7. The third kappa shape index (κ3) is 5.77. The quantitative estimate of drug-likeness (QED) is 0.348. The number of esters is 1. The summed E-state index contributed by atoms with van der Waals surface area (Å²) in [6.07, 6.45) is 3.85. The number of ketones is 1. The molecule has 0 heterocycles. The van der Waals surface area contributed by atoms with Gasteiger partial charge in [-0.25, -0.2) is 0 Å². The summed E-state index contributed by atoms with van der Waals surface area (Å²) in [5, 5.41) is 0. The van der Waals surface area contributed by atoms with E-state index in [0.29, 0.717) is 11.1 Å². The van der Waals surface area contributed by atoms with Crippen LogP contribution >= 0.6 is 0 Å². The Morgan fingerprint density at radius 1 is 0.833 bits per heavy atom. The molecule has 0 bridgehead atoms. The maximum atomic E-state index is 12.7. The third-order valence-electron chi connectivity index (χ3n) is 4.89. The zero-order valence-corrected chi connectivity index (χ0v) is 17.3. The topological polar surface area (TPSA) is 43.4 Å². The molecule has 30 heavy (non-hydrogen) atoms. The van der Waals surface area contributed by atoms with Crippen LogP contribution < -0.4 is 0 Å². The number of ether oxygens (including phenoxy) is 1. The number of rotatable bonds is 8. The molecule has 1 unspecified atom stereocenters. The summed E-state index contributed by atoms with van der Waals surface area (Å²) in [4.78, 5) is 25.3. The van der Waals surface area contributed by atoms with Crippen molar-refractivity contribution in [2.45, 2.75) is 20.5 Å². The molecule has 0 fully saturated rings. The molecule has 0 saturated carbocycles. The van der Waals surface area contributed by atoms with Crippen LogP contribution in [0.4, 0.5) is 0 Å². The molecule has 3 heteroatoms. The molecular weight excluding hydrogens is 372 g/mol. The summed E-state index contributed by atoms with van der Waals surface area (Å²) in [5.41, 5.74) is 3.06. The van der Waals surface area contributed by atoms with Crippen molar-refractivity contribution >= 4 is 17.8 Å². The van der Waals surface area contributed by atoms with Crippen LogP contribution in [0.15, 0.2) is 91.0 Å². The fourth-order valence-electron chi connectivity index (χ4n) is 3.16. The summed E-state index contributed by atoms with van der Waals surface area (Å²) in [6.45, 7) is 4.14. The van der Waals surface area contributed by atoms with Gasteiger partial charge in [-0.2, -0.15) is 0 Å². The van der Waals surface area contributed by atoms with Crippen molar-refractivity contribution in [1.82, 2.24) is 0 Å². The Morgan fingerprint density at radius 3 is 2.13 bits per heavy atom. The Kier molecular flexibility index (Phi) is 7.34. The van der Waals surface area contributed by atoms with Gasteiger partial charge in [-0.1, -0.05) is 105 Å². The van der Waals surface area contributed by atoms with Crippen molar-refractivity contribution in [3.05, 3.63) is 113 Å². The summed E-state index contributed by atoms with van der Waals surface area (Å²) in [6, 6.07) is 26.3. The second kappa shape index (κ2) is 10.4. The highest BCUT2D eigenvalue weighted by molar-refractivity contribution is 6.09. The van der Waals surface area contributed by atoms with Crippen molar-refractivity contribution < 1.29 is 14.3 Å². The van der Waals surface area contributed by atoms with E-state index in [0.717, 1.165) is 11.1 Å². The van der Waals surface area contributed by atoms with E-state index in [9.17, 15) is 9.59 Å². The first kappa shape index (κ1) is 21.3. The normalized spacial score (nSPS) is 12.1. The fourth-order valence-corrected chi connectivity index (χ4v) is 3.16. The second-order valence-electron chi connectivity index (χ2n) is 7.54. The smallest absolute Gasteiger partial charge is 0.313 e. The molecule has 0 aliphatic rings. The fraction of sp³-hybridized carbons (Fsp3) is 0.185. The Balaban J connectivity index is 1.65. The van der Waals surface area contributed by atoms with Crippen molar-refractivity contribution in [1.29, 1.82) is 0 Å². The van der Waals surface area contributed by atoms with E-state index in [1.54, 1.807) is 24.3 Å². The summed E-state index contributed by atoms with van der Waals surface area (Å²) >= 11 is 0. The first-order valence-corrected chi connectivity index (χ1v) is 10.1. The maximum Gasteiger partial charge on any atom is 0.313 e. The monoisotopic (exact) mass is 398 g/mol. The number of benzene rings is 3. The SMILES string of the molecule is CC(C)C(/C=C/c1ccccc1)C(=O)OCc1cccc(C(=O)c2ccccc2)c1. The first-order chi connectivity index (χ1) is 14.5. The molecule has 3 nitrogen and oxygen atoms in total. The minimum absolute atomic E-state index is 0.0466. The third-order valence-corrected chi connectivity index (χ3v) is 4.89. The molecule has 152 valence electrons. The van der Waals surface area contributed by atoms with Crippen LogP contribution in [0.25, 0.3) is 6.08 Å². The highest BCUT2D eigenvalue weighted by Crippen LogP contribution is 2.18. The van der Waals surface area contributed by atoms with Gasteiger partial charge in [0.2, 0.25) is 0 Å². The number of carbonyl (C=O) groups excluding carboxylic acids is 2. The van der Waals surface area contributed by atoms with Gasteiger partial charge in [0, 0.05) is 11.1 Å². The number of hydrogen-bond acceptors (Lipinski definition) is 3. The van der Waals surface area contributed by atoms with Crippen LogP contribution in [0.2, 0.25) is 0 Å². The molecular formula is C27H26O3. The van der Waals surface area contributed by atoms with Gasteiger partial charge in [0.05, 0.1) is 5.92 Å². The lowest BCUT2D eigenvalue weighted by Crippen LogP contribution is -2.20. The molecule has 3 aromatic rings. The Morgan fingerprint density at radius 2 is 1.47 bits per heavy atom. The molecule has 0 saturated heterocycles. The van der Waals surface area contributed by atoms with E-state index in [1.807, 2.05) is 86.7 Å². The van der Waals surface area contributed by atoms with Crippen LogP contribution in [0.1, 0.15) is 40.9 Å². The Hall–Kier alpha value is -3.46. The van der Waals surface area contributed by atoms with Gasteiger partial charge in [0.25, 0.3) is 0 Å². The van der Waals surface area contributed by atoms with Crippen molar-refractivity contribution in [3.8, 4) is 0 Å². The molecule has 0 spiro atoms. The molecule has 0 aliphatic heterocycles. The van der Waals surface area contributed by atoms with Crippen LogP contribution in [-0.2, 0) is 16.1 Å². The lowest BCUT2D eigenvalue weighted by Gasteiger charge is -2.16. The van der Waals surface area contributed by atoms with Gasteiger partial charge < -0.3 is 4.74 Å². The van der Waals surface area contributed by atoms with Crippen LogP contribution in [-0.4, -0.2) is 11.8 Å². The lowest BCUT2D eigenvalue weighted by atomic mass is 9.95. The van der Waals surface area contributed by atoms with Gasteiger partial charge in [0.1, 0.15) is 6.61 Å². The summed E-state index contributed by atoms with van der Waals surface area (Å²) < 4.78 is 5.58. The van der Waals surface area contributed by atoms with Crippen molar-refractivity contribution in [3.63, 3.8) is 0 Å². The minimum Gasteiger partial charge on any atom is -0.460 e. The van der Waals surface area contributed by atoms with Crippen LogP contribution in [0.5, 0.6) is 0 Å². The van der Waals surface area contributed by atoms with Gasteiger partial charge in [-0.15, -0.1) is 0 Å². The molecule has 0 aromatic heterocycles. The van der Waals surface area contributed by atoms with E-state index < -0.39 is 0 Å². The molecule has 3 aromatic carbocycles. The van der Waals surface area contributed by atoms with E-state index in [4.69, 9.17) is 4.74 Å². The average molecular weight is 399 g/mol. The lowest BCUT2D eigenvalue weighted by molar-refractivity contribution is -0.149. The Bertz CT molecular complexity index is 1000. The molecule has 0 N–H and O–H groups in total. The number of carbonyl (C=O) groups is 2. The van der Waals surface area contributed by atoms with Gasteiger partial charge in [-0.3, -0.25) is 9.59 Å². The molecule has 3 rings (SSSR count). The zero-order valence-electron chi connectivity index (χ0n) is 17.3. The molecule has 0 radical (unpaired) electrons. The molecule has 0 aliphatic carbocycles. The highest BCUT2D eigenvalue weighted by Gasteiger charge is 2.21. The van der Waals surface area contributed by atoms with Crippen LogP contribution in [0, 0.1) is 11.8 Å². The van der Waals surface area contributed by atoms with Gasteiger partial charge in [0.15, 0.2) is 5.78 Å². The number of hydrogen-bond donors (Lipinski definition) is 0. The average Bonchev–Trinajstić information content (AvgIpc) is 2.78. The van der Waals surface area contributed by atoms with Crippen molar-refractivity contribution in [2.75, 3.05) is 0 Å². The molecule has 0 amide bonds. The predicted octanol–water partition coefficient (Wildman–Crippen LogP) is 5.95. The van der Waals surface area contributed by atoms with Gasteiger partial charge in [-0.05, 0) is 23.1 Å². The minimum atomic E-state index is -0.334. The van der Waals surface area contributed by atoms with E-state index in [-0.39, 0.29) is 30.2 Å². The zero-order chi connectivity index (χ0) is 21.3. The Labute approximate surface area is 178 Å². The summed E-state index contributed by atoms with van der Waals surface area (Å²) in [5.74, 6) is -0.533. The largest absolute Gasteiger partial charge is 0.460 e. The van der Waals surface area contributed by atoms with E-state index in [2.05, 4.69) is 0 Å². The molecule has 1 atom stereocenters. The van der Waals surface area contributed by atoms with E-state index in [1.165, 1.54) is 0 Å². The second-order valence-corrected chi connectivity index (χ2v) is 7.54. The van der Waals surface area contributed by atoms with Gasteiger partial charge >= 0.3 is 5.97 Å². The van der Waals surface area contributed by atoms with Crippen LogP contribution in [0.3, 0.4) is 0 Å². The standard InChI is InChI=1S/C27H26O3/c1-20(2)25(17-16-21-10-5-3-6-11-21)27(29)30-19-22-12-9-15-24(18-22)26(28)23-13-7-4-8-14-23/h3-18,20,25H,19H2,1-2H3/b17-16+. The van der Waals surface area contributed by atoms with Crippen molar-refractivity contribution in [2.24, 2.45) is 11.8 Å². The first-order valence-electron chi connectivity index (χ1n) is 10.1.